The zero-order chi connectivity index (χ0) is 21.2. The Hall–Kier alpha value is -1.28. The van der Waals surface area contributed by atoms with Crippen molar-refractivity contribution in [2.24, 2.45) is 11.8 Å². The molecule has 0 aliphatic carbocycles. The van der Waals surface area contributed by atoms with Crippen LogP contribution in [0.1, 0.15) is 54.4 Å². The number of carbonyl (C=O) groups excluding carboxylic acids is 3. The van der Waals surface area contributed by atoms with Crippen molar-refractivity contribution in [3.05, 3.63) is 0 Å². The van der Waals surface area contributed by atoms with Gasteiger partial charge in [-0.15, -0.1) is 0 Å². The first kappa shape index (κ1) is 25.7. The highest BCUT2D eigenvalue weighted by atomic mass is 31.2. The topological polar surface area (TPSA) is 134 Å². The van der Waals surface area contributed by atoms with Gasteiger partial charge in [0.2, 0.25) is 11.8 Å². The van der Waals surface area contributed by atoms with Gasteiger partial charge in [-0.3, -0.25) is 14.1 Å². The monoisotopic (exact) mass is 407 g/mol. The molecule has 4 N–H and O–H groups in total. The van der Waals surface area contributed by atoms with Crippen molar-refractivity contribution in [3.8, 4) is 0 Å². The van der Waals surface area contributed by atoms with E-state index in [0.29, 0.717) is 19.1 Å². The van der Waals surface area contributed by atoms with Gasteiger partial charge in [0.1, 0.15) is 12.3 Å². The van der Waals surface area contributed by atoms with Crippen LogP contribution >= 0.6 is 7.75 Å². The fourth-order valence-electron chi connectivity index (χ4n) is 2.27. The van der Waals surface area contributed by atoms with Crippen molar-refractivity contribution in [1.29, 1.82) is 0 Å². The predicted molar refractivity (Wildman–Crippen MR) is 103 cm³/mol. The summed E-state index contributed by atoms with van der Waals surface area (Å²) in [6.45, 7) is 10.6. The Labute approximate surface area is 161 Å². The van der Waals surface area contributed by atoms with Crippen LogP contribution in [0.2, 0.25) is 0 Å². The molecule has 10 heteroatoms. The Morgan fingerprint density at radius 1 is 1.11 bits per heavy atom. The minimum atomic E-state index is -4.14. The van der Waals surface area contributed by atoms with Crippen LogP contribution < -0.4 is 15.7 Å². The van der Waals surface area contributed by atoms with Crippen molar-refractivity contribution in [1.82, 2.24) is 15.7 Å². The summed E-state index contributed by atoms with van der Waals surface area (Å²) in [5, 5.41) is 7.42. The Morgan fingerprint density at radius 2 is 1.70 bits per heavy atom. The van der Waals surface area contributed by atoms with Crippen LogP contribution in [0.4, 0.5) is 0 Å². The summed E-state index contributed by atoms with van der Waals surface area (Å²) < 4.78 is 16.9. The molecule has 0 fully saturated rings. The molecule has 0 aliphatic heterocycles. The molecule has 0 rings (SSSR count). The van der Waals surface area contributed by atoms with E-state index < -0.39 is 37.7 Å². The highest BCUT2D eigenvalue weighted by Gasteiger charge is 2.32. The second-order valence-corrected chi connectivity index (χ2v) is 8.87. The molecule has 0 aromatic carbocycles. The largest absolute Gasteiger partial charge is 0.403 e. The molecule has 2 amide bonds. The highest BCUT2D eigenvalue weighted by Crippen LogP contribution is 2.38. The van der Waals surface area contributed by atoms with Gasteiger partial charge in [-0.05, 0) is 31.6 Å². The first-order valence-electron chi connectivity index (χ1n) is 9.24. The van der Waals surface area contributed by atoms with E-state index in [1.807, 2.05) is 13.8 Å². The minimum Gasteiger partial charge on any atom is -0.345 e. The van der Waals surface area contributed by atoms with Gasteiger partial charge in [-0.25, -0.2) is 9.65 Å². The lowest BCUT2D eigenvalue weighted by Gasteiger charge is -2.26. The summed E-state index contributed by atoms with van der Waals surface area (Å²) in [6.07, 6.45) is 1.71. The number of amides is 2. The van der Waals surface area contributed by atoms with Crippen molar-refractivity contribution in [3.63, 3.8) is 0 Å². The van der Waals surface area contributed by atoms with Gasteiger partial charge in [0, 0.05) is 0 Å². The van der Waals surface area contributed by atoms with E-state index in [9.17, 15) is 23.8 Å². The van der Waals surface area contributed by atoms with Gasteiger partial charge >= 0.3 is 7.75 Å². The van der Waals surface area contributed by atoms with Crippen LogP contribution in [-0.2, 0) is 23.5 Å². The minimum absolute atomic E-state index is 0.0783. The van der Waals surface area contributed by atoms with E-state index >= 15 is 0 Å². The highest BCUT2D eigenvalue weighted by molar-refractivity contribution is 7.50. The van der Waals surface area contributed by atoms with Gasteiger partial charge in [-0.2, -0.15) is 0 Å². The van der Waals surface area contributed by atoms with E-state index in [4.69, 9.17) is 4.52 Å². The molecule has 0 saturated heterocycles. The van der Waals surface area contributed by atoms with Gasteiger partial charge in [0.25, 0.3) is 0 Å². The number of rotatable bonds is 13. The first-order valence-corrected chi connectivity index (χ1v) is 10.8. The standard InChI is InChI=1S/C17H34N3O6P/c1-7-8-26-27(24,25)20-15(12(4)5)17(23)18-13(6)16(22)19-14(10-21)9-11(2)3/h10-15H,7-9H2,1-6H3,(H,18,23)(H,19,22)(H2,20,24,25). The molecule has 9 nitrogen and oxygen atoms in total. The van der Waals surface area contributed by atoms with Crippen LogP contribution in [0, 0.1) is 11.8 Å². The molecule has 0 bridgehead atoms. The van der Waals surface area contributed by atoms with E-state index in [0.717, 1.165) is 0 Å². The summed E-state index contributed by atoms with van der Waals surface area (Å²) in [5.74, 6) is -1.21. The molecule has 0 aliphatic rings. The summed E-state index contributed by atoms with van der Waals surface area (Å²) >= 11 is 0. The second kappa shape index (κ2) is 12.2. The third-order valence-electron chi connectivity index (χ3n) is 3.69. The Kier molecular flexibility index (Phi) is 11.7. The Bertz CT molecular complexity index is 541. The maximum Gasteiger partial charge on any atom is 0.403 e. The summed E-state index contributed by atoms with van der Waals surface area (Å²) in [6, 6.07) is -2.56. The SMILES string of the molecule is CCCOP(=O)(O)NC(C(=O)NC(C)C(=O)NC(C=O)CC(C)C)C(C)C. The molecule has 27 heavy (non-hydrogen) atoms. The number of carbonyl (C=O) groups is 3. The normalized spacial score (nSPS) is 17.1. The van der Waals surface area contributed by atoms with E-state index in [2.05, 4.69) is 15.7 Å². The fourth-order valence-corrected chi connectivity index (χ4v) is 3.54. The molecule has 4 atom stereocenters. The molecule has 158 valence electrons. The molecule has 0 saturated carbocycles. The van der Waals surface area contributed by atoms with Crippen molar-refractivity contribution in [2.45, 2.75) is 72.5 Å². The molecule has 0 heterocycles. The molecular weight excluding hydrogens is 373 g/mol. The van der Waals surface area contributed by atoms with Crippen LogP contribution in [0.25, 0.3) is 0 Å². The summed E-state index contributed by atoms with van der Waals surface area (Å²) in [5.41, 5.74) is 0. The molecule has 0 aromatic rings. The number of hydrogen-bond acceptors (Lipinski definition) is 5. The third-order valence-corrected chi connectivity index (χ3v) is 4.83. The molecule has 0 spiro atoms. The lowest BCUT2D eigenvalue weighted by atomic mass is 10.0. The average Bonchev–Trinajstić information content (AvgIpc) is 2.56. The Balaban J connectivity index is 4.89. The van der Waals surface area contributed by atoms with Gasteiger partial charge < -0.3 is 20.3 Å². The Morgan fingerprint density at radius 3 is 2.15 bits per heavy atom. The number of aldehydes is 1. The van der Waals surface area contributed by atoms with Gasteiger partial charge in [-0.1, -0.05) is 34.6 Å². The number of nitrogens with one attached hydrogen (secondary N) is 3. The van der Waals surface area contributed by atoms with Crippen LogP contribution in [0.15, 0.2) is 0 Å². The zero-order valence-electron chi connectivity index (χ0n) is 17.0. The van der Waals surface area contributed by atoms with E-state index in [1.165, 1.54) is 6.92 Å². The zero-order valence-corrected chi connectivity index (χ0v) is 17.9. The summed E-state index contributed by atoms with van der Waals surface area (Å²) in [4.78, 5) is 45.6. The maximum atomic E-state index is 12.5. The molecule has 0 radical (unpaired) electrons. The fraction of sp³-hybridized carbons (Fsp3) is 0.824. The van der Waals surface area contributed by atoms with Crippen LogP contribution in [-0.4, -0.2) is 47.7 Å². The van der Waals surface area contributed by atoms with Crippen molar-refractivity contribution in [2.75, 3.05) is 6.61 Å². The average molecular weight is 407 g/mol. The lowest BCUT2D eigenvalue weighted by Crippen LogP contribution is -2.54. The second-order valence-electron chi connectivity index (χ2n) is 7.32. The number of hydrogen-bond donors (Lipinski definition) is 4. The van der Waals surface area contributed by atoms with Crippen LogP contribution in [0.5, 0.6) is 0 Å². The lowest BCUT2D eigenvalue weighted by molar-refractivity contribution is -0.131. The van der Waals surface area contributed by atoms with E-state index in [1.54, 1.807) is 20.8 Å². The van der Waals surface area contributed by atoms with Crippen molar-refractivity contribution >= 4 is 25.8 Å². The molecule has 0 aromatic heterocycles. The molecular formula is C17H34N3O6P. The van der Waals surface area contributed by atoms with Gasteiger partial charge in [0.05, 0.1) is 18.7 Å². The molecule has 4 unspecified atom stereocenters. The predicted octanol–water partition coefficient (Wildman–Crippen LogP) is 1.36. The maximum absolute atomic E-state index is 12.5. The third kappa shape index (κ3) is 10.6. The quantitative estimate of drug-likeness (QED) is 0.267. The summed E-state index contributed by atoms with van der Waals surface area (Å²) in [7, 11) is -4.14. The van der Waals surface area contributed by atoms with E-state index in [-0.39, 0.29) is 18.4 Å². The first-order chi connectivity index (χ1) is 12.4. The smallest absolute Gasteiger partial charge is 0.345 e. The van der Waals surface area contributed by atoms with Crippen LogP contribution in [0.3, 0.4) is 0 Å². The van der Waals surface area contributed by atoms with Crippen molar-refractivity contribution < 1.29 is 28.4 Å². The van der Waals surface area contributed by atoms with Gasteiger partial charge in [0.15, 0.2) is 0 Å².